The first-order valence-electron chi connectivity index (χ1n) is 4.51. The van der Waals surface area contributed by atoms with E-state index in [1.807, 2.05) is 6.92 Å². The monoisotopic (exact) mass is 236 g/mol. The van der Waals surface area contributed by atoms with Gasteiger partial charge in [-0.3, -0.25) is 4.79 Å². The Balaban J connectivity index is 4.57. The van der Waals surface area contributed by atoms with Crippen molar-refractivity contribution in [3.63, 3.8) is 0 Å². The maximum Gasteiger partial charge on any atom is 0.318 e. The zero-order chi connectivity index (χ0) is 11.9. The summed E-state index contributed by atoms with van der Waals surface area (Å²) >= 11 is 0. The molecule has 0 aromatic carbocycles. The number of carboxylic acid groups (broad SMARTS) is 1. The Morgan fingerprint density at radius 3 is 2.60 bits per heavy atom. The number of carbonyl (C=O) groups is 1. The summed E-state index contributed by atoms with van der Waals surface area (Å²) in [7, 11) is -3.71. The van der Waals surface area contributed by atoms with Gasteiger partial charge in [0.25, 0.3) is 10.2 Å². The predicted molar refractivity (Wildman–Crippen MR) is 56.6 cm³/mol. The van der Waals surface area contributed by atoms with Gasteiger partial charge in [0, 0.05) is 13.1 Å². The van der Waals surface area contributed by atoms with E-state index in [4.69, 9.17) is 5.11 Å². The van der Waals surface area contributed by atoms with Gasteiger partial charge in [0.15, 0.2) is 0 Å². The molecule has 0 aliphatic carbocycles. The first-order valence-corrected chi connectivity index (χ1v) is 5.95. The maximum atomic E-state index is 11.5. The highest BCUT2D eigenvalue weighted by Crippen LogP contribution is 1.98. The molecule has 15 heavy (non-hydrogen) atoms. The van der Waals surface area contributed by atoms with Crippen molar-refractivity contribution < 1.29 is 18.3 Å². The predicted octanol–water partition coefficient (Wildman–Crippen LogP) is -0.197. The number of aliphatic carboxylic acids is 1. The average Bonchev–Trinajstić information content (AvgIpc) is 2.13. The molecule has 0 aliphatic rings. The summed E-state index contributed by atoms with van der Waals surface area (Å²) in [6.07, 6.45) is 1.99. The minimum atomic E-state index is -3.71. The zero-order valence-electron chi connectivity index (χ0n) is 8.64. The standard InChI is InChI=1S/C8H16N2O4S/c1-3-5-9-15(13,14)10(6-4-2)7-8(11)12/h4,9H,2-3,5-7H2,1H3,(H,11,12). The third-order valence-corrected chi connectivity index (χ3v) is 3.05. The average molecular weight is 236 g/mol. The SMILES string of the molecule is C=CCN(CC(=O)O)S(=O)(=O)NCCC. The lowest BCUT2D eigenvalue weighted by molar-refractivity contribution is -0.137. The van der Waals surface area contributed by atoms with Gasteiger partial charge in [-0.05, 0) is 6.42 Å². The van der Waals surface area contributed by atoms with Crippen LogP contribution in [0.5, 0.6) is 0 Å². The minimum absolute atomic E-state index is 0.0225. The van der Waals surface area contributed by atoms with Crippen LogP contribution in [-0.4, -0.2) is 43.4 Å². The first-order chi connectivity index (χ1) is 6.94. The Hall–Kier alpha value is -0.920. The molecule has 7 heteroatoms. The van der Waals surface area contributed by atoms with Gasteiger partial charge in [-0.15, -0.1) is 6.58 Å². The van der Waals surface area contributed by atoms with Gasteiger partial charge in [0.2, 0.25) is 0 Å². The molecule has 6 nitrogen and oxygen atoms in total. The normalized spacial score (nSPS) is 11.6. The van der Waals surface area contributed by atoms with Crippen LogP contribution in [-0.2, 0) is 15.0 Å². The van der Waals surface area contributed by atoms with Gasteiger partial charge in [0.05, 0.1) is 0 Å². The van der Waals surface area contributed by atoms with E-state index < -0.39 is 22.7 Å². The number of nitrogens with zero attached hydrogens (tertiary/aromatic N) is 1. The van der Waals surface area contributed by atoms with Crippen molar-refractivity contribution in [2.45, 2.75) is 13.3 Å². The van der Waals surface area contributed by atoms with Crippen LogP contribution in [0.4, 0.5) is 0 Å². The van der Waals surface area contributed by atoms with E-state index in [1.54, 1.807) is 0 Å². The Labute approximate surface area is 89.8 Å². The molecule has 0 rings (SSSR count). The second kappa shape index (κ2) is 6.54. The molecule has 0 heterocycles. The van der Waals surface area contributed by atoms with Gasteiger partial charge in [-0.1, -0.05) is 13.0 Å². The Morgan fingerprint density at radius 2 is 2.20 bits per heavy atom. The Morgan fingerprint density at radius 1 is 1.60 bits per heavy atom. The van der Waals surface area contributed by atoms with Crippen molar-refractivity contribution in [1.82, 2.24) is 9.03 Å². The van der Waals surface area contributed by atoms with E-state index in [0.717, 1.165) is 4.31 Å². The molecule has 0 aromatic heterocycles. The van der Waals surface area contributed by atoms with Crippen molar-refractivity contribution in [2.75, 3.05) is 19.6 Å². The van der Waals surface area contributed by atoms with Gasteiger partial charge in [-0.25, -0.2) is 4.72 Å². The lowest BCUT2D eigenvalue weighted by atomic mass is 10.5. The quantitative estimate of drug-likeness (QED) is 0.572. The summed E-state index contributed by atoms with van der Waals surface area (Å²) < 4.78 is 26.1. The molecule has 0 radical (unpaired) electrons. The summed E-state index contributed by atoms with van der Waals surface area (Å²) in [6, 6.07) is 0. The highest BCUT2D eigenvalue weighted by molar-refractivity contribution is 7.87. The Kier molecular flexibility index (Phi) is 6.14. The molecule has 2 N–H and O–H groups in total. The van der Waals surface area contributed by atoms with Crippen LogP contribution in [0.25, 0.3) is 0 Å². The molecule has 88 valence electrons. The molecule has 0 aliphatic heterocycles. The van der Waals surface area contributed by atoms with Crippen molar-refractivity contribution in [1.29, 1.82) is 0 Å². The van der Waals surface area contributed by atoms with Crippen LogP contribution in [0.3, 0.4) is 0 Å². The molecule has 0 unspecified atom stereocenters. The second-order valence-corrected chi connectivity index (χ2v) is 4.63. The number of rotatable bonds is 8. The topological polar surface area (TPSA) is 86.7 Å². The van der Waals surface area contributed by atoms with Crippen molar-refractivity contribution >= 4 is 16.2 Å². The van der Waals surface area contributed by atoms with Gasteiger partial charge < -0.3 is 5.11 Å². The number of nitrogens with one attached hydrogen (secondary N) is 1. The van der Waals surface area contributed by atoms with Gasteiger partial charge in [-0.2, -0.15) is 12.7 Å². The first kappa shape index (κ1) is 14.1. The molecule has 0 bridgehead atoms. The van der Waals surface area contributed by atoms with Crippen LogP contribution in [0.1, 0.15) is 13.3 Å². The molecule has 0 amide bonds. The molecule has 0 atom stereocenters. The lowest BCUT2D eigenvalue weighted by Gasteiger charge is -2.18. The second-order valence-electron chi connectivity index (χ2n) is 2.87. The molecular weight excluding hydrogens is 220 g/mol. The van der Waals surface area contributed by atoms with E-state index in [1.165, 1.54) is 6.08 Å². The van der Waals surface area contributed by atoms with Crippen LogP contribution >= 0.6 is 0 Å². The molecule has 0 saturated carbocycles. The van der Waals surface area contributed by atoms with E-state index >= 15 is 0 Å². The number of carboxylic acids is 1. The third-order valence-electron chi connectivity index (χ3n) is 1.52. The van der Waals surface area contributed by atoms with Gasteiger partial charge in [0.1, 0.15) is 6.54 Å². The summed E-state index contributed by atoms with van der Waals surface area (Å²) in [5.74, 6) is -1.20. The minimum Gasteiger partial charge on any atom is -0.480 e. The van der Waals surface area contributed by atoms with Crippen LogP contribution in [0.2, 0.25) is 0 Å². The summed E-state index contributed by atoms with van der Waals surface area (Å²) in [4.78, 5) is 10.4. The van der Waals surface area contributed by atoms with E-state index in [-0.39, 0.29) is 13.1 Å². The fraction of sp³-hybridized carbons (Fsp3) is 0.625. The third kappa shape index (κ3) is 5.50. The Bertz CT molecular complexity index is 313. The van der Waals surface area contributed by atoms with Crippen molar-refractivity contribution in [2.24, 2.45) is 0 Å². The zero-order valence-corrected chi connectivity index (χ0v) is 9.46. The number of hydrogen-bond donors (Lipinski definition) is 2. The molecule has 0 spiro atoms. The fourth-order valence-corrected chi connectivity index (χ4v) is 2.09. The smallest absolute Gasteiger partial charge is 0.318 e. The lowest BCUT2D eigenvalue weighted by Crippen LogP contribution is -2.43. The van der Waals surface area contributed by atoms with Crippen molar-refractivity contribution in [3.8, 4) is 0 Å². The largest absolute Gasteiger partial charge is 0.480 e. The summed E-state index contributed by atoms with van der Waals surface area (Å²) in [5, 5.41) is 8.53. The molecule has 0 aromatic rings. The molecular formula is C8H16N2O4S. The summed E-state index contributed by atoms with van der Waals surface area (Å²) in [5.41, 5.74) is 0. The summed E-state index contributed by atoms with van der Waals surface area (Å²) in [6.45, 7) is 4.89. The van der Waals surface area contributed by atoms with E-state index in [9.17, 15) is 13.2 Å². The van der Waals surface area contributed by atoms with Gasteiger partial charge >= 0.3 is 5.97 Å². The highest BCUT2D eigenvalue weighted by Gasteiger charge is 2.22. The van der Waals surface area contributed by atoms with E-state index in [0.29, 0.717) is 6.42 Å². The molecule has 0 fully saturated rings. The van der Waals surface area contributed by atoms with E-state index in [2.05, 4.69) is 11.3 Å². The molecule has 0 saturated heterocycles. The number of hydrogen-bond acceptors (Lipinski definition) is 3. The van der Waals surface area contributed by atoms with Crippen LogP contribution in [0, 0.1) is 0 Å². The van der Waals surface area contributed by atoms with Crippen molar-refractivity contribution in [3.05, 3.63) is 12.7 Å². The van der Waals surface area contributed by atoms with Crippen LogP contribution < -0.4 is 4.72 Å². The maximum absolute atomic E-state index is 11.5. The fourth-order valence-electron chi connectivity index (χ4n) is 0.865. The highest BCUT2D eigenvalue weighted by atomic mass is 32.2. The van der Waals surface area contributed by atoms with Crippen LogP contribution in [0.15, 0.2) is 12.7 Å².